The Kier molecular flexibility index (Phi) is 7.22. The van der Waals surface area contributed by atoms with Crippen molar-refractivity contribution in [3.8, 4) is 0 Å². The van der Waals surface area contributed by atoms with Crippen molar-refractivity contribution in [2.45, 2.75) is 59.8 Å². The fourth-order valence-electron chi connectivity index (χ4n) is 3.55. The van der Waals surface area contributed by atoms with Crippen LogP contribution in [0.2, 0.25) is 0 Å². The highest BCUT2D eigenvalue weighted by atomic mass is 16.5. The zero-order chi connectivity index (χ0) is 20.9. The summed E-state index contributed by atoms with van der Waals surface area (Å²) in [5, 5.41) is 0. The smallest absolute Gasteiger partial charge is 0.306 e. The minimum atomic E-state index is -0.140. The SMILES string of the molecule is C=C/C=C1/C=CC2=C(CCC(CC(=O)OCC(C)(C)C)CC2)C(=O)N1C(=C)C. The molecule has 0 saturated heterocycles. The van der Waals surface area contributed by atoms with Crippen molar-refractivity contribution >= 4 is 11.9 Å². The molecule has 1 aliphatic heterocycles. The molecule has 1 amide bonds. The minimum Gasteiger partial charge on any atom is -0.465 e. The van der Waals surface area contributed by atoms with Crippen LogP contribution in [0.4, 0.5) is 0 Å². The van der Waals surface area contributed by atoms with Crippen molar-refractivity contribution in [2.24, 2.45) is 11.3 Å². The zero-order valence-electron chi connectivity index (χ0n) is 17.7. The summed E-state index contributed by atoms with van der Waals surface area (Å²) in [6, 6.07) is 0. The van der Waals surface area contributed by atoms with Gasteiger partial charge in [0.15, 0.2) is 0 Å². The van der Waals surface area contributed by atoms with E-state index in [1.54, 1.807) is 11.0 Å². The highest BCUT2D eigenvalue weighted by Gasteiger charge is 2.29. The predicted octanol–water partition coefficient (Wildman–Crippen LogP) is 5.45. The average Bonchev–Trinajstić information content (AvgIpc) is 2.86. The Balaban J connectivity index is 2.10. The fourth-order valence-corrected chi connectivity index (χ4v) is 3.55. The lowest BCUT2D eigenvalue weighted by molar-refractivity contribution is -0.147. The topological polar surface area (TPSA) is 46.6 Å². The van der Waals surface area contributed by atoms with Gasteiger partial charge in [-0.3, -0.25) is 14.5 Å². The lowest BCUT2D eigenvalue weighted by Gasteiger charge is -2.24. The molecule has 2 rings (SSSR count). The summed E-state index contributed by atoms with van der Waals surface area (Å²) in [5.41, 5.74) is 3.33. The number of amides is 1. The second-order valence-corrected chi connectivity index (χ2v) is 8.91. The first kappa shape index (κ1) is 21.9. The molecule has 2 aliphatic rings. The van der Waals surface area contributed by atoms with E-state index in [0.717, 1.165) is 36.1 Å². The molecule has 4 nitrogen and oxygen atoms in total. The maximum absolute atomic E-state index is 13.2. The molecule has 152 valence electrons. The Morgan fingerprint density at radius 1 is 1.29 bits per heavy atom. The fraction of sp³-hybridized carbons (Fsp3) is 0.500. The van der Waals surface area contributed by atoms with Crippen LogP contribution in [0.5, 0.6) is 0 Å². The van der Waals surface area contributed by atoms with Crippen LogP contribution >= 0.6 is 0 Å². The number of esters is 1. The maximum Gasteiger partial charge on any atom is 0.306 e. The van der Waals surface area contributed by atoms with Crippen molar-refractivity contribution in [3.05, 3.63) is 60.0 Å². The Hall–Kier alpha value is -2.36. The maximum atomic E-state index is 13.2. The average molecular weight is 384 g/mol. The molecule has 0 spiro atoms. The number of hydrogen-bond donors (Lipinski definition) is 0. The van der Waals surface area contributed by atoms with E-state index in [0.29, 0.717) is 25.1 Å². The lowest BCUT2D eigenvalue weighted by atomic mass is 9.95. The van der Waals surface area contributed by atoms with E-state index in [1.807, 2.05) is 45.9 Å². The first-order chi connectivity index (χ1) is 13.1. The number of hydrogen-bond acceptors (Lipinski definition) is 3. The Morgan fingerprint density at radius 3 is 2.57 bits per heavy atom. The molecule has 4 heteroatoms. The second kappa shape index (κ2) is 9.22. The Bertz CT molecular complexity index is 746. The van der Waals surface area contributed by atoms with Gasteiger partial charge in [-0.05, 0) is 61.7 Å². The molecule has 1 aliphatic carbocycles. The summed E-state index contributed by atoms with van der Waals surface area (Å²) in [4.78, 5) is 27.1. The molecule has 0 aromatic heterocycles. The van der Waals surface area contributed by atoms with Gasteiger partial charge in [-0.15, -0.1) is 0 Å². The van der Waals surface area contributed by atoms with Gasteiger partial charge in [0.05, 0.1) is 6.61 Å². The number of carbonyl (C=O) groups excluding carboxylic acids is 2. The van der Waals surface area contributed by atoms with Crippen LogP contribution in [-0.2, 0) is 14.3 Å². The molecule has 0 N–H and O–H groups in total. The molecule has 0 bridgehead atoms. The number of carbonyl (C=O) groups is 2. The Morgan fingerprint density at radius 2 is 1.96 bits per heavy atom. The molecule has 0 radical (unpaired) electrons. The molecule has 1 atom stereocenters. The van der Waals surface area contributed by atoms with E-state index in [9.17, 15) is 9.59 Å². The molecule has 28 heavy (non-hydrogen) atoms. The van der Waals surface area contributed by atoms with Gasteiger partial charge in [0.2, 0.25) is 0 Å². The molecule has 0 fully saturated rings. The second-order valence-electron chi connectivity index (χ2n) is 8.91. The summed E-state index contributed by atoms with van der Waals surface area (Å²) in [7, 11) is 0. The van der Waals surface area contributed by atoms with E-state index < -0.39 is 0 Å². The van der Waals surface area contributed by atoms with Crippen LogP contribution in [0, 0.1) is 11.3 Å². The largest absolute Gasteiger partial charge is 0.465 e. The molecule has 1 unspecified atom stereocenters. The summed E-state index contributed by atoms with van der Waals surface area (Å²) < 4.78 is 5.43. The molecular formula is C24H33NO3. The number of nitrogens with zero attached hydrogens (tertiary/aromatic N) is 1. The molecular weight excluding hydrogens is 350 g/mol. The third-order valence-corrected chi connectivity index (χ3v) is 4.98. The number of rotatable bonds is 5. The van der Waals surface area contributed by atoms with Crippen LogP contribution in [0.25, 0.3) is 0 Å². The van der Waals surface area contributed by atoms with Gasteiger partial charge in [0.1, 0.15) is 0 Å². The quantitative estimate of drug-likeness (QED) is 0.593. The van der Waals surface area contributed by atoms with Crippen molar-refractivity contribution < 1.29 is 14.3 Å². The summed E-state index contributed by atoms with van der Waals surface area (Å²) in [6.45, 7) is 16.1. The molecule has 1 heterocycles. The van der Waals surface area contributed by atoms with Crippen molar-refractivity contribution in [1.29, 1.82) is 0 Å². The molecule has 0 aromatic rings. The first-order valence-electron chi connectivity index (χ1n) is 10.0. The van der Waals surface area contributed by atoms with Gasteiger partial charge >= 0.3 is 5.97 Å². The Labute approximate surface area is 169 Å². The van der Waals surface area contributed by atoms with E-state index >= 15 is 0 Å². The monoisotopic (exact) mass is 383 g/mol. The van der Waals surface area contributed by atoms with Crippen LogP contribution in [0.3, 0.4) is 0 Å². The van der Waals surface area contributed by atoms with Crippen molar-refractivity contribution in [1.82, 2.24) is 4.90 Å². The van der Waals surface area contributed by atoms with Gasteiger partial charge in [-0.2, -0.15) is 0 Å². The standard InChI is InChI=1S/C24H33NO3/c1-7-8-20-13-12-19-11-9-18(15-22(26)28-16-24(4,5)6)10-14-21(19)23(27)25(20)17(2)3/h7-8,12-13,18H,1-2,9-11,14-16H2,3-6H3/b20-8-. The number of ether oxygens (including phenoxy) is 1. The first-order valence-corrected chi connectivity index (χ1v) is 10.0. The van der Waals surface area contributed by atoms with Crippen LogP contribution in [-0.4, -0.2) is 23.4 Å². The van der Waals surface area contributed by atoms with E-state index in [2.05, 4.69) is 13.2 Å². The van der Waals surface area contributed by atoms with Gasteiger partial charge in [-0.1, -0.05) is 46.1 Å². The van der Waals surface area contributed by atoms with E-state index in [1.165, 1.54) is 0 Å². The number of allylic oxidation sites excluding steroid dienone is 6. The van der Waals surface area contributed by atoms with Gasteiger partial charge in [0, 0.05) is 23.4 Å². The third kappa shape index (κ3) is 5.82. The zero-order valence-corrected chi connectivity index (χ0v) is 17.7. The van der Waals surface area contributed by atoms with Gasteiger partial charge < -0.3 is 4.74 Å². The molecule has 0 saturated carbocycles. The summed E-state index contributed by atoms with van der Waals surface area (Å²) in [5.74, 6) is 0.0808. The van der Waals surface area contributed by atoms with Gasteiger partial charge in [0.25, 0.3) is 5.91 Å². The summed E-state index contributed by atoms with van der Waals surface area (Å²) >= 11 is 0. The third-order valence-electron chi connectivity index (χ3n) is 4.98. The van der Waals surface area contributed by atoms with Crippen LogP contribution in [0.1, 0.15) is 59.8 Å². The van der Waals surface area contributed by atoms with Crippen molar-refractivity contribution in [3.63, 3.8) is 0 Å². The van der Waals surface area contributed by atoms with E-state index in [-0.39, 0.29) is 23.2 Å². The minimum absolute atomic E-state index is 0.0171. The van der Waals surface area contributed by atoms with E-state index in [4.69, 9.17) is 4.74 Å². The predicted molar refractivity (Wildman–Crippen MR) is 113 cm³/mol. The van der Waals surface area contributed by atoms with Gasteiger partial charge in [-0.25, -0.2) is 0 Å². The normalized spacial score (nSPS) is 21.9. The summed E-state index contributed by atoms with van der Waals surface area (Å²) in [6.07, 6.45) is 11.1. The highest BCUT2D eigenvalue weighted by molar-refractivity contribution is 5.98. The highest BCUT2D eigenvalue weighted by Crippen LogP contribution is 2.35. The van der Waals surface area contributed by atoms with Crippen LogP contribution in [0.15, 0.2) is 60.0 Å². The lowest BCUT2D eigenvalue weighted by Crippen LogP contribution is -2.28. The van der Waals surface area contributed by atoms with Crippen LogP contribution < -0.4 is 0 Å². The van der Waals surface area contributed by atoms with Crippen molar-refractivity contribution in [2.75, 3.05) is 6.61 Å². The molecule has 0 aromatic carbocycles.